The fourth-order valence-corrected chi connectivity index (χ4v) is 2.63. The van der Waals surface area contributed by atoms with Crippen LogP contribution in [0.15, 0.2) is 28.9 Å². The number of carbonyl (C=O) groups excluding carboxylic acids is 1. The van der Waals surface area contributed by atoms with E-state index in [1.54, 1.807) is 6.20 Å². The highest BCUT2D eigenvalue weighted by atomic mass is 79.9. The van der Waals surface area contributed by atoms with Crippen LogP contribution in [-0.2, 0) is 10.2 Å². The number of ether oxygens (including phenoxy) is 1. The van der Waals surface area contributed by atoms with Gasteiger partial charge < -0.3 is 4.74 Å². The Labute approximate surface area is 121 Å². The predicted octanol–water partition coefficient (Wildman–Crippen LogP) is 4.08. The molecule has 1 aromatic heterocycles. The second kappa shape index (κ2) is 4.93. The third kappa shape index (κ3) is 2.50. The van der Waals surface area contributed by atoms with E-state index in [9.17, 15) is 4.79 Å². The minimum absolute atomic E-state index is 0.00126. The summed E-state index contributed by atoms with van der Waals surface area (Å²) in [6.45, 7) is 6.43. The van der Waals surface area contributed by atoms with Gasteiger partial charge in [0, 0.05) is 16.1 Å². The van der Waals surface area contributed by atoms with Crippen LogP contribution in [0.3, 0.4) is 0 Å². The Hall–Kier alpha value is -1.42. The summed E-state index contributed by atoms with van der Waals surface area (Å²) in [6.07, 6.45) is 1.56. The van der Waals surface area contributed by atoms with Crippen molar-refractivity contribution in [2.45, 2.75) is 26.2 Å². The van der Waals surface area contributed by atoms with Gasteiger partial charge in [0.2, 0.25) is 0 Å². The molecular weight excluding hydrogens is 306 g/mol. The minimum atomic E-state index is -0.387. The van der Waals surface area contributed by atoms with Gasteiger partial charge in [-0.05, 0) is 26.9 Å². The molecule has 4 heteroatoms. The molecule has 2 aromatic rings. The maximum Gasteiger partial charge on any atom is 0.340 e. The largest absolute Gasteiger partial charge is 0.465 e. The first-order valence-electron chi connectivity index (χ1n) is 6.02. The molecule has 0 amide bonds. The summed E-state index contributed by atoms with van der Waals surface area (Å²) in [5.74, 6) is -0.387. The highest BCUT2D eigenvalue weighted by molar-refractivity contribution is 9.10. The van der Waals surface area contributed by atoms with Crippen molar-refractivity contribution >= 4 is 32.8 Å². The summed E-state index contributed by atoms with van der Waals surface area (Å²) in [4.78, 5) is 16.1. The molecule has 2 rings (SSSR count). The van der Waals surface area contributed by atoms with E-state index >= 15 is 0 Å². The van der Waals surface area contributed by atoms with Gasteiger partial charge in [0.15, 0.2) is 0 Å². The lowest BCUT2D eigenvalue weighted by Crippen LogP contribution is -2.13. The second-order valence-electron chi connectivity index (χ2n) is 5.43. The molecule has 0 saturated heterocycles. The molecule has 0 aliphatic rings. The van der Waals surface area contributed by atoms with Gasteiger partial charge in [0.05, 0.1) is 18.2 Å². The molecule has 0 fully saturated rings. The summed E-state index contributed by atoms with van der Waals surface area (Å²) >= 11 is 3.48. The number of hydrogen-bond acceptors (Lipinski definition) is 3. The maximum absolute atomic E-state index is 11.7. The summed E-state index contributed by atoms with van der Waals surface area (Å²) in [5.41, 5.74) is 2.51. The van der Waals surface area contributed by atoms with Gasteiger partial charge in [-0.25, -0.2) is 4.79 Å². The number of hydrogen-bond donors (Lipinski definition) is 0. The van der Waals surface area contributed by atoms with E-state index in [2.05, 4.69) is 47.8 Å². The molecule has 1 aromatic carbocycles. The number of para-hydroxylation sites is 1. The van der Waals surface area contributed by atoms with E-state index in [0.29, 0.717) is 5.56 Å². The minimum Gasteiger partial charge on any atom is -0.465 e. The van der Waals surface area contributed by atoms with Crippen molar-refractivity contribution < 1.29 is 9.53 Å². The van der Waals surface area contributed by atoms with Crippen LogP contribution in [0.1, 0.15) is 36.7 Å². The number of nitrogens with zero attached hydrogens (tertiary/aromatic N) is 1. The lowest BCUT2D eigenvalue weighted by molar-refractivity contribution is 0.0599. The Kier molecular flexibility index (Phi) is 3.63. The molecule has 1 heterocycles. The van der Waals surface area contributed by atoms with E-state index in [0.717, 1.165) is 20.9 Å². The molecular formula is C15H16BrNO2. The predicted molar refractivity (Wildman–Crippen MR) is 79.5 cm³/mol. The average molecular weight is 322 g/mol. The second-order valence-corrected chi connectivity index (χ2v) is 6.22. The summed E-state index contributed by atoms with van der Waals surface area (Å²) < 4.78 is 5.49. The fourth-order valence-electron chi connectivity index (χ4n) is 2.05. The van der Waals surface area contributed by atoms with Gasteiger partial charge in [0.1, 0.15) is 0 Å². The number of aromatic nitrogens is 1. The highest BCUT2D eigenvalue weighted by Crippen LogP contribution is 2.33. The highest BCUT2D eigenvalue weighted by Gasteiger charge is 2.20. The van der Waals surface area contributed by atoms with Gasteiger partial charge in [-0.1, -0.05) is 39.0 Å². The molecule has 0 aliphatic heterocycles. The lowest BCUT2D eigenvalue weighted by Gasteiger charge is -2.21. The molecule has 0 aliphatic carbocycles. The monoisotopic (exact) mass is 321 g/mol. The van der Waals surface area contributed by atoms with Crippen LogP contribution in [0.2, 0.25) is 0 Å². The normalized spacial score (nSPS) is 11.6. The number of halogens is 1. The molecule has 0 spiro atoms. The zero-order valence-corrected chi connectivity index (χ0v) is 13.0. The quantitative estimate of drug-likeness (QED) is 0.743. The number of esters is 1. The Bertz CT molecular complexity index is 644. The number of carbonyl (C=O) groups is 1. The summed E-state index contributed by atoms with van der Waals surface area (Å²) in [7, 11) is 1.37. The molecule has 100 valence electrons. The smallest absolute Gasteiger partial charge is 0.340 e. The van der Waals surface area contributed by atoms with Gasteiger partial charge in [-0.15, -0.1) is 0 Å². The summed E-state index contributed by atoms with van der Waals surface area (Å²) in [6, 6.07) is 6.00. The number of fused-ring (bicyclic) bond motifs is 1. The Morgan fingerprint density at radius 2 is 2.00 bits per heavy atom. The van der Waals surface area contributed by atoms with Gasteiger partial charge in [-0.3, -0.25) is 4.98 Å². The molecule has 0 unspecified atom stereocenters. The number of rotatable bonds is 1. The van der Waals surface area contributed by atoms with Crippen molar-refractivity contribution in [3.05, 3.63) is 40.0 Å². The van der Waals surface area contributed by atoms with E-state index in [4.69, 9.17) is 4.74 Å². The molecule has 0 atom stereocenters. The van der Waals surface area contributed by atoms with Crippen LogP contribution in [-0.4, -0.2) is 18.1 Å². The van der Waals surface area contributed by atoms with Crippen molar-refractivity contribution in [1.29, 1.82) is 0 Å². The van der Waals surface area contributed by atoms with E-state index < -0.39 is 0 Å². The first-order valence-corrected chi connectivity index (χ1v) is 6.81. The third-order valence-corrected chi connectivity index (χ3v) is 3.90. The van der Waals surface area contributed by atoms with Crippen LogP contribution in [0.25, 0.3) is 10.9 Å². The van der Waals surface area contributed by atoms with Crippen molar-refractivity contribution in [3.63, 3.8) is 0 Å². The molecule has 3 nitrogen and oxygen atoms in total. The lowest BCUT2D eigenvalue weighted by atomic mass is 9.85. The van der Waals surface area contributed by atoms with Crippen LogP contribution in [0.5, 0.6) is 0 Å². The topological polar surface area (TPSA) is 39.2 Å². The van der Waals surface area contributed by atoms with E-state index in [1.807, 2.05) is 12.1 Å². The zero-order valence-electron chi connectivity index (χ0n) is 11.5. The summed E-state index contributed by atoms with van der Waals surface area (Å²) in [5, 5.41) is 0.926. The molecule has 0 N–H and O–H groups in total. The first kappa shape index (κ1) is 14.0. The van der Waals surface area contributed by atoms with Crippen LogP contribution < -0.4 is 0 Å². The van der Waals surface area contributed by atoms with E-state index in [-0.39, 0.29) is 11.4 Å². The number of benzene rings is 1. The van der Waals surface area contributed by atoms with Crippen molar-refractivity contribution in [1.82, 2.24) is 4.98 Å². The van der Waals surface area contributed by atoms with Crippen molar-refractivity contribution in [3.8, 4) is 0 Å². The van der Waals surface area contributed by atoms with Crippen LogP contribution >= 0.6 is 15.9 Å². The average Bonchev–Trinajstić information content (AvgIpc) is 2.37. The molecule has 19 heavy (non-hydrogen) atoms. The standard InChI is InChI=1S/C15H16BrNO2/c1-15(2,3)11-7-5-6-9-12(16)10(14(18)19-4)8-17-13(9)11/h5-8H,1-4H3. The molecule has 0 saturated carbocycles. The Balaban J connectivity index is 2.76. The third-order valence-electron chi connectivity index (χ3n) is 3.05. The Morgan fingerprint density at radius 1 is 1.32 bits per heavy atom. The fraction of sp³-hybridized carbons (Fsp3) is 0.333. The van der Waals surface area contributed by atoms with Crippen LogP contribution in [0, 0.1) is 0 Å². The molecule has 0 radical (unpaired) electrons. The first-order chi connectivity index (χ1) is 8.86. The van der Waals surface area contributed by atoms with Crippen LogP contribution in [0.4, 0.5) is 0 Å². The number of pyridine rings is 1. The van der Waals surface area contributed by atoms with Gasteiger partial charge in [-0.2, -0.15) is 0 Å². The van der Waals surface area contributed by atoms with Crippen molar-refractivity contribution in [2.24, 2.45) is 0 Å². The Morgan fingerprint density at radius 3 is 2.58 bits per heavy atom. The number of methoxy groups -OCH3 is 1. The van der Waals surface area contributed by atoms with Crippen molar-refractivity contribution in [2.75, 3.05) is 7.11 Å². The maximum atomic E-state index is 11.7. The zero-order chi connectivity index (χ0) is 14.2. The van der Waals surface area contributed by atoms with Gasteiger partial charge in [0.25, 0.3) is 0 Å². The SMILES string of the molecule is COC(=O)c1cnc2c(C(C)(C)C)cccc2c1Br. The van der Waals surface area contributed by atoms with E-state index in [1.165, 1.54) is 7.11 Å². The molecule has 0 bridgehead atoms. The van der Waals surface area contributed by atoms with Gasteiger partial charge >= 0.3 is 5.97 Å².